The number of hydrazone groups is 1. The molecule has 22 heavy (non-hydrogen) atoms. The molecule has 5 heteroatoms. The van der Waals surface area contributed by atoms with Crippen molar-refractivity contribution in [2.75, 3.05) is 5.75 Å². The second-order valence-electron chi connectivity index (χ2n) is 4.63. The Bertz CT molecular complexity index is 639. The highest BCUT2D eigenvalue weighted by Crippen LogP contribution is 2.19. The Balaban J connectivity index is 1.76. The Kier molecular flexibility index (Phi) is 6.49. The van der Waals surface area contributed by atoms with Crippen LogP contribution in [-0.2, 0) is 11.2 Å². The molecule has 2 aromatic carbocycles. The van der Waals surface area contributed by atoms with Crippen molar-refractivity contribution in [3.63, 3.8) is 0 Å². The summed E-state index contributed by atoms with van der Waals surface area (Å²) in [7, 11) is 0. The van der Waals surface area contributed by atoms with Crippen LogP contribution in [-0.4, -0.2) is 17.9 Å². The van der Waals surface area contributed by atoms with Crippen molar-refractivity contribution in [1.82, 2.24) is 5.43 Å². The summed E-state index contributed by atoms with van der Waals surface area (Å²) in [4.78, 5) is 12.7. The minimum absolute atomic E-state index is 0.138. The third-order valence-electron chi connectivity index (χ3n) is 2.97. The lowest BCUT2D eigenvalue weighted by atomic mass is 10.1. The summed E-state index contributed by atoms with van der Waals surface area (Å²) in [6.07, 6.45) is 2.65. The second-order valence-corrected chi connectivity index (χ2v) is 6.12. The molecule has 0 fully saturated rings. The number of hydrogen-bond acceptors (Lipinski definition) is 3. The van der Waals surface area contributed by atoms with Crippen molar-refractivity contribution >= 4 is 35.5 Å². The van der Waals surface area contributed by atoms with E-state index in [-0.39, 0.29) is 5.91 Å². The van der Waals surface area contributed by atoms with Crippen LogP contribution in [0.5, 0.6) is 0 Å². The summed E-state index contributed by atoms with van der Waals surface area (Å²) in [5.41, 5.74) is 4.76. The number of carbonyl (C=O) groups is 1. The largest absolute Gasteiger partial charge is 0.272 e. The molecule has 0 spiro atoms. The molecule has 114 valence electrons. The first-order chi connectivity index (χ1) is 10.7. The average molecular weight is 333 g/mol. The molecule has 3 nitrogen and oxygen atoms in total. The van der Waals surface area contributed by atoms with E-state index in [0.29, 0.717) is 10.8 Å². The van der Waals surface area contributed by atoms with Crippen molar-refractivity contribution in [1.29, 1.82) is 0 Å². The van der Waals surface area contributed by atoms with Crippen molar-refractivity contribution in [3.05, 3.63) is 64.7 Å². The molecule has 0 aromatic heterocycles. The summed E-state index contributed by atoms with van der Waals surface area (Å²) < 4.78 is 0. The predicted octanol–water partition coefficient (Wildman–Crippen LogP) is 4.14. The zero-order valence-electron chi connectivity index (χ0n) is 12.3. The molecule has 0 aliphatic rings. The number of nitrogens with one attached hydrogen (secondary N) is 1. The van der Waals surface area contributed by atoms with Crippen LogP contribution in [0.15, 0.2) is 58.5 Å². The third-order valence-corrected chi connectivity index (χ3v) is 4.24. The van der Waals surface area contributed by atoms with E-state index in [9.17, 15) is 4.79 Å². The molecule has 0 unspecified atom stereocenters. The van der Waals surface area contributed by atoms with Gasteiger partial charge in [-0.2, -0.15) is 5.10 Å². The van der Waals surface area contributed by atoms with E-state index < -0.39 is 0 Å². The molecule has 2 aromatic rings. The van der Waals surface area contributed by atoms with Crippen molar-refractivity contribution in [3.8, 4) is 0 Å². The maximum absolute atomic E-state index is 11.7. The van der Waals surface area contributed by atoms with Crippen LogP contribution in [0.2, 0.25) is 5.02 Å². The standard InChI is InChI=1S/C17H17ClN2OS/c1-2-13-3-5-14(6-4-13)11-19-20-17(21)12-22-16-9-7-15(18)8-10-16/h3-11H,2,12H2,1H3,(H,20,21)/b19-11+. The van der Waals surface area contributed by atoms with Gasteiger partial charge in [0.05, 0.1) is 12.0 Å². The van der Waals surface area contributed by atoms with Gasteiger partial charge in [-0.05, 0) is 41.8 Å². The summed E-state index contributed by atoms with van der Waals surface area (Å²) in [5.74, 6) is 0.176. The molecule has 0 aliphatic heterocycles. The highest BCUT2D eigenvalue weighted by molar-refractivity contribution is 8.00. The van der Waals surface area contributed by atoms with Gasteiger partial charge in [-0.25, -0.2) is 5.43 Å². The van der Waals surface area contributed by atoms with Crippen molar-refractivity contribution in [2.45, 2.75) is 18.2 Å². The zero-order chi connectivity index (χ0) is 15.8. The first-order valence-electron chi connectivity index (χ1n) is 6.96. The Morgan fingerprint density at radius 3 is 2.50 bits per heavy atom. The number of rotatable bonds is 6. The van der Waals surface area contributed by atoms with E-state index in [0.717, 1.165) is 16.9 Å². The number of halogens is 1. The van der Waals surface area contributed by atoms with Gasteiger partial charge in [0.15, 0.2) is 0 Å². The summed E-state index contributed by atoms with van der Waals surface area (Å²) >= 11 is 7.26. The van der Waals surface area contributed by atoms with Crippen molar-refractivity contribution < 1.29 is 4.79 Å². The summed E-state index contributed by atoms with van der Waals surface area (Å²) in [6.45, 7) is 2.11. The van der Waals surface area contributed by atoms with Crippen molar-refractivity contribution in [2.24, 2.45) is 5.10 Å². The summed E-state index contributed by atoms with van der Waals surface area (Å²) in [5, 5.41) is 4.65. The highest BCUT2D eigenvalue weighted by Gasteiger charge is 2.01. The van der Waals surface area contributed by atoms with Gasteiger partial charge in [-0.1, -0.05) is 42.8 Å². The fourth-order valence-corrected chi connectivity index (χ4v) is 2.55. The molecule has 0 saturated heterocycles. The number of amides is 1. The predicted molar refractivity (Wildman–Crippen MR) is 93.7 cm³/mol. The van der Waals surface area contributed by atoms with E-state index in [1.54, 1.807) is 18.3 Å². The number of hydrogen-bond donors (Lipinski definition) is 1. The van der Waals surface area contributed by atoms with E-state index in [1.807, 2.05) is 24.3 Å². The molecule has 0 bridgehead atoms. The van der Waals surface area contributed by atoms with Gasteiger partial charge in [0.25, 0.3) is 0 Å². The van der Waals surface area contributed by atoms with E-state index >= 15 is 0 Å². The smallest absolute Gasteiger partial charge is 0.250 e. The van der Waals surface area contributed by atoms with Crippen LogP contribution in [0.1, 0.15) is 18.1 Å². The lowest BCUT2D eigenvalue weighted by Gasteiger charge is -2.01. The Hall–Kier alpha value is -1.78. The normalized spacial score (nSPS) is 10.8. The van der Waals surface area contributed by atoms with Crippen LogP contribution in [0.4, 0.5) is 0 Å². The number of aryl methyl sites for hydroxylation is 1. The van der Waals surface area contributed by atoms with E-state index in [4.69, 9.17) is 11.6 Å². The van der Waals surface area contributed by atoms with Gasteiger partial charge in [0.1, 0.15) is 0 Å². The molecule has 0 aliphatic carbocycles. The number of nitrogens with zero attached hydrogens (tertiary/aromatic N) is 1. The van der Waals surface area contributed by atoms with Gasteiger partial charge in [0, 0.05) is 9.92 Å². The topological polar surface area (TPSA) is 41.5 Å². The molecule has 0 saturated carbocycles. The van der Waals surface area contributed by atoms with Gasteiger partial charge >= 0.3 is 0 Å². The van der Waals surface area contributed by atoms with E-state index in [1.165, 1.54) is 17.3 Å². The molecule has 2 rings (SSSR count). The first kappa shape index (κ1) is 16.6. The fourth-order valence-electron chi connectivity index (χ4n) is 1.73. The monoisotopic (exact) mass is 332 g/mol. The van der Waals surface area contributed by atoms with Crippen LogP contribution in [0, 0.1) is 0 Å². The lowest BCUT2D eigenvalue weighted by Crippen LogP contribution is -2.19. The van der Waals surface area contributed by atoms with E-state index in [2.05, 4.69) is 29.6 Å². The number of carbonyl (C=O) groups excluding carboxylic acids is 1. The van der Waals surface area contributed by atoms with Gasteiger partial charge in [-0.15, -0.1) is 11.8 Å². The third kappa shape index (κ3) is 5.54. The van der Waals surface area contributed by atoms with Crippen LogP contribution in [0.3, 0.4) is 0 Å². The maximum Gasteiger partial charge on any atom is 0.250 e. The van der Waals surface area contributed by atoms with Gasteiger partial charge in [0.2, 0.25) is 5.91 Å². The average Bonchev–Trinajstić information content (AvgIpc) is 2.55. The zero-order valence-corrected chi connectivity index (χ0v) is 13.8. The molecule has 0 atom stereocenters. The Labute approximate surface area is 139 Å². The fraction of sp³-hybridized carbons (Fsp3) is 0.176. The SMILES string of the molecule is CCc1ccc(/C=N/NC(=O)CSc2ccc(Cl)cc2)cc1. The van der Waals surface area contributed by atoms with Crippen LogP contribution < -0.4 is 5.43 Å². The molecule has 0 heterocycles. The first-order valence-corrected chi connectivity index (χ1v) is 8.33. The molecule has 0 radical (unpaired) electrons. The Morgan fingerprint density at radius 2 is 1.86 bits per heavy atom. The number of benzene rings is 2. The van der Waals surface area contributed by atoms with Crippen LogP contribution >= 0.6 is 23.4 Å². The van der Waals surface area contributed by atoms with Crippen LogP contribution in [0.25, 0.3) is 0 Å². The lowest BCUT2D eigenvalue weighted by molar-refractivity contribution is -0.118. The highest BCUT2D eigenvalue weighted by atomic mass is 35.5. The molecule has 1 amide bonds. The second kappa shape index (κ2) is 8.61. The quantitative estimate of drug-likeness (QED) is 0.490. The van der Waals surface area contributed by atoms with Gasteiger partial charge < -0.3 is 0 Å². The van der Waals surface area contributed by atoms with Gasteiger partial charge in [-0.3, -0.25) is 4.79 Å². The molecular formula is C17H17ClN2OS. The molecule has 1 N–H and O–H groups in total. The minimum atomic E-state index is -0.138. The minimum Gasteiger partial charge on any atom is -0.272 e. The maximum atomic E-state index is 11.7. The Morgan fingerprint density at radius 1 is 1.18 bits per heavy atom. The number of thioether (sulfide) groups is 1. The summed E-state index contributed by atoms with van der Waals surface area (Å²) in [6, 6.07) is 15.5. The molecular weight excluding hydrogens is 316 g/mol.